The highest BCUT2D eigenvalue weighted by molar-refractivity contribution is 9.10. The average Bonchev–Trinajstić information content (AvgIpc) is 2.18. The summed E-state index contributed by atoms with van der Waals surface area (Å²) in [4.78, 5) is 11.0. The van der Waals surface area contributed by atoms with Gasteiger partial charge in [-0.25, -0.2) is 0 Å². The van der Waals surface area contributed by atoms with Crippen LogP contribution in [0.25, 0.3) is 0 Å². The molecule has 1 aromatic rings. The fourth-order valence-electron chi connectivity index (χ4n) is 0.968. The van der Waals surface area contributed by atoms with Gasteiger partial charge in [0.25, 0.3) is 0 Å². The Balaban J connectivity index is 3.06. The van der Waals surface area contributed by atoms with E-state index in [1.807, 2.05) is 0 Å². The average molecular weight is 280 g/mol. The van der Waals surface area contributed by atoms with Crippen LogP contribution in [0.2, 0.25) is 5.02 Å². The molecule has 5 heteroatoms. The summed E-state index contributed by atoms with van der Waals surface area (Å²) in [6.45, 7) is 0. The molecule has 0 aliphatic rings. The number of benzene rings is 1. The standard InChI is InChI=1S/C9H8BrClO3/c1-14-8(12)4-5-7(11)3-2-6(10)9(5)13/h2-3,13H,4H2,1H3. The van der Waals surface area contributed by atoms with Crippen molar-refractivity contribution in [1.29, 1.82) is 0 Å². The first-order valence-electron chi connectivity index (χ1n) is 3.79. The maximum atomic E-state index is 11.0. The van der Waals surface area contributed by atoms with Gasteiger partial charge in [0.05, 0.1) is 18.0 Å². The second-order valence-electron chi connectivity index (χ2n) is 2.61. The number of methoxy groups -OCH3 is 1. The lowest BCUT2D eigenvalue weighted by molar-refractivity contribution is -0.139. The first kappa shape index (κ1) is 11.3. The van der Waals surface area contributed by atoms with E-state index in [1.165, 1.54) is 7.11 Å². The zero-order valence-electron chi connectivity index (χ0n) is 7.38. The smallest absolute Gasteiger partial charge is 0.310 e. The topological polar surface area (TPSA) is 46.5 Å². The minimum Gasteiger partial charge on any atom is -0.506 e. The lowest BCUT2D eigenvalue weighted by Crippen LogP contribution is -2.05. The molecule has 14 heavy (non-hydrogen) atoms. The summed E-state index contributed by atoms with van der Waals surface area (Å²) in [5.74, 6) is -0.469. The third-order valence-corrected chi connectivity index (χ3v) is 2.72. The van der Waals surface area contributed by atoms with Crippen LogP contribution in [0.15, 0.2) is 16.6 Å². The van der Waals surface area contributed by atoms with E-state index in [9.17, 15) is 9.90 Å². The minimum absolute atomic E-state index is 0.0251. The third-order valence-electron chi connectivity index (χ3n) is 1.73. The molecular weight excluding hydrogens is 271 g/mol. The second-order valence-corrected chi connectivity index (χ2v) is 3.87. The zero-order chi connectivity index (χ0) is 10.7. The molecule has 0 atom stereocenters. The van der Waals surface area contributed by atoms with E-state index in [1.54, 1.807) is 12.1 Å². The van der Waals surface area contributed by atoms with Gasteiger partial charge < -0.3 is 9.84 Å². The monoisotopic (exact) mass is 278 g/mol. The number of hydrogen-bond donors (Lipinski definition) is 1. The maximum Gasteiger partial charge on any atom is 0.310 e. The van der Waals surface area contributed by atoms with E-state index >= 15 is 0 Å². The van der Waals surface area contributed by atoms with Crippen LogP contribution in [0.4, 0.5) is 0 Å². The summed E-state index contributed by atoms with van der Waals surface area (Å²) in [6.07, 6.45) is -0.0411. The van der Waals surface area contributed by atoms with Crippen molar-refractivity contribution in [3.8, 4) is 5.75 Å². The normalized spacial score (nSPS) is 9.93. The van der Waals surface area contributed by atoms with Gasteiger partial charge >= 0.3 is 5.97 Å². The predicted molar refractivity (Wildman–Crippen MR) is 56.5 cm³/mol. The van der Waals surface area contributed by atoms with E-state index in [0.717, 1.165) is 0 Å². The molecule has 0 bridgehead atoms. The molecule has 3 nitrogen and oxygen atoms in total. The molecule has 0 heterocycles. The molecule has 0 unspecified atom stereocenters. The summed E-state index contributed by atoms with van der Waals surface area (Å²) in [7, 11) is 1.28. The SMILES string of the molecule is COC(=O)Cc1c(Cl)ccc(Br)c1O. The quantitative estimate of drug-likeness (QED) is 0.846. The Morgan fingerprint density at radius 3 is 2.86 bits per heavy atom. The van der Waals surface area contributed by atoms with E-state index in [2.05, 4.69) is 20.7 Å². The summed E-state index contributed by atoms with van der Waals surface area (Å²) in [6, 6.07) is 3.21. The van der Waals surface area contributed by atoms with Gasteiger partial charge in [0, 0.05) is 10.6 Å². The van der Waals surface area contributed by atoms with Gasteiger partial charge in [-0.05, 0) is 28.1 Å². The Morgan fingerprint density at radius 2 is 2.29 bits per heavy atom. The van der Waals surface area contributed by atoms with Gasteiger partial charge in [-0.1, -0.05) is 11.6 Å². The van der Waals surface area contributed by atoms with Crippen LogP contribution in [-0.2, 0) is 16.0 Å². The van der Waals surface area contributed by atoms with Crippen molar-refractivity contribution in [2.45, 2.75) is 6.42 Å². The molecule has 76 valence electrons. The van der Waals surface area contributed by atoms with Crippen LogP contribution in [0.1, 0.15) is 5.56 Å². The number of halogens is 2. The van der Waals surface area contributed by atoms with Crippen LogP contribution in [0.5, 0.6) is 5.75 Å². The molecule has 0 amide bonds. The maximum absolute atomic E-state index is 11.0. The van der Waals surface area contributed by atoms with E-state index < -0.39 is 5.97 Å². The summed E-state index contributed by atoms with van der Waals surface area (Å²) in [5.41, 5.74) is 0.368. The lowest BCUT2D eigenvalue weighted by atomic mass is 10.1. The van der Waals surface area contributed by atoms with Crippen LogP contribution in [0.3, 0.4) is 0 Å². The number of ether oxygens (including phenoxy) is 1. The zero-order valence-corrected chi connectivity index (χ0v) is 9.72. The van der Waals surface area contributed by atoms with E-state index in [-0.39, 0.29) is 12.2 Å². The minimum atomic E-state index is -0.444. The lowest BCUT2D eigenvalue weighted by Gasteiger charge is -2.07. The van der Waals surface area contributed by atoms with Crippen molar-refractivity contribution in [2.24, 2.45) is 0 Å². The fourth-order valence-corrected chi connectivity index (χ4v) is 1.56. The van der Waals surface area contributed by atoms with E-state index in [4.69, 9.17) is 11.6 Å². The molecular formula is C9H8BrClO3. The Hall–Kier alpha value is -0.740. The van der Waals surface area contributed by atoms with Gasteiger partial charge in [0.15, 0.2) is 0 Å². The molecule has 0 saturated carbocycles. The number of hydrogen-bond acceptors (Lipinski definition) is 3. The molecule has 0 aliphatic heterocycles. The Kier molecular flexibility index (Phi) is 3.77. The summed E-state index contributed by atoms with van der Waals surface area (Å²) < 4.78 is 4.98. The number of phenolic OH excluding ortho intramolecular Hbond substituents is 1. The van der Waals surface area contributed by atoms with Crippen molar-refractivity contribution >= 4 is 33.5 Å². The molecule has 0 aliphatic carbocycles. The third kappa shape index (κ3) is 2.39. The van der Waals surface area contributed by atoms with Crippen LogP contribution in [0, 0.1) is 0 Å². The number of carbonyl (C=O) groups is 1. The highest BCUT2D eigenvalue weighted by atomic mass is 79.9. The van der Waals surface area contributed by atoms with Crippen molar-refractivity contribution in [3.63, 3.8) is 0 Å². The number of carbonyl (C=O) groups excluding carboxylic acids is 1. The van der Waals surface area contributed by atoms with Gasteiger partial charge in [0.2, 0.25) is 0 Å². The molecule has 0 radical (unpaired) electrons. The van der Waals surface area contributed by atoms with Crippen molar-refractivity contribution in [1.82, 2.24) is 0 Å². The number of aromatic hydroxyl groups is 1. The van der Waals surface area contributed by atoms with Crippen LogP contribution < -0.4 is 0 Å². The van der Waals surface area contributed by atoms with Crippen molar-refractivity contribution < 1.29 is 14.6 Å². The molecule has 1 rings (SSSR count). The van der Waals surface area contributed by atoms with Crippen LogP contribution in [-0.4, -0.2) is 18.2 Å². The van der Waals surface area contributed by atoms with Gasteiger partial charge in [-0.2, -0.15) is 0 Å². The van der Waals surface area contributed by atoms with Crippen molar-refractivity contribution in [3.05, 3.63) is 27.2 Å². The highest BCUT2D eigenvalue weighted by Crippen LogP contribution is 2.33. The van der Waals surface area contributed by atoms with Gasteiger partial charge in [-0.15, -0.1) is 0 Å². The molecule has 1 N–H and O–H groups in total. The molecule has 1 aromatic carbocycles. The molecule has 0 aromatic heterocycles. The second kappa shape index (κ2) is 4.66. The van der Waals surface area contributed by atoms with Crippen molar-refractivity contribution in [2.75, 3.05) is 7.11 Å². The first-order valence-corrected chi connectivity index (χ1v) is 4.96. The number of esters is 1. The molecule has 0 fully saturated rings. The predicted octanol–water partition coefficient (Wildman–Crippen LogP) is 2.52. The highest BCUT2D eigenvalue weighted by Gasteiger charge is 2.13. The summed E-state index contributed by atoms with van der Waals surface area (Å²) in [5, 5.41) is 9.93. The Labute approximate surface area is 94.8 Å². The summed E-state index contributed by atoms with van der Waals surface area (Å²) >= 11 is 8.95. The van der Waals surface area contributed by atoms with Gasteiger partial charge in [-0.3, -0.25) is 4.79 Å². The molecule has 0 spiro atoms. The fraction of sp³-hybridized carbons (Fsp3) is 0.222. The largest absolute Gasteiger partial charge is 0.506 e. The van der Waals surface area contributed by atoms with Gasteiger partial charge in [0.1, 0.15) is 5.75 Å². The first-order chi connectivity index (χ1) is 6.56. The number of phenols is 1. The molecule has 0 saturated heterocycles. The Bertz CT molecular complexity index is 365. The Morgan fingerprint density at radius 1 is 1.64 bits per heavy atom. The van der Waals surface area contributed by atoms with Crippen LogP contribution >= 0.6 is 27.5 Å². The van der Waals surface area contributed by atoms with E-state index in [0.29, 0.717) is 15.1 Å². The number of rotatable bonds is 2.